The molecule has 0 aliphatic heterocycles. The van der Waals surface area contributed by atoms with Crippen LogP contribution in [0.4, 0.5) is 0 Å². The number of unbranched alkanes of at least 4 members (excludes halogenated alkanes) is 36. The molecule has 3 N–H and O–H groups in total. The standard InChI is InChI=1S/C58H113N2O6P/c1-6-8-10-12-14-16-18-20-22-24-26-28-29-30-31-32-34-36-38-40-42-44-46-48-50-52-58(62)59-56(55-66-67(63,64)65-54-53-60(3,4)5)57(61)51-49-47-45-43-41-39-37-35-33-27-25-23-21-19-17-15-13-11-9-7-2/h18,20,24,26,49,51,56-57,61H,6-17,19,21-23,25,27-48,50,52-55H2,1-5H3,(H-,59,62,63,64)/p+1/b20-18-,26-24-,51-49+. The summed E-state index contributed by atoms with van der Waals surface area (Å²) in [4.78, 5) is 23.3. The van der Waals surface area contributed by atoms with Crippen molar-refractivity contribution < 1.29 is 32.9 Å². The Bertz CT molecular complexity index is 1190. The molecule has 0 aromatic rings. The summed E-state index contributed by atoms with van der Waals surface area (Å²) in [5.74, 6) is -0.175. The summed E-state index contributed by atoms with van der Waals surface area (Å²) in [6.45, 7) is 4.84. The number of nitrogens with zero attached hydrogens (tertiary/aromatic N) is 1. The van der Waals surface area contributed by atoms with Gasteiger partial charge in [0.15, 0.2) is 0 Å². The van der Waals surface area contributed by atoms with Gasteiger partial charge in [0.1, 0.15) is 13.2 Å². The van der Waals surface area contributed by atoms with Crippen molar-refractivity contribution in [2.24, 2.45) is 0 Å². The second-order valence-electron chi connectivity index (χ2n) is 21.0. The highest BCUT2D eigenvalue weighted by Crippen LogP contribution is 2.43. The van der Waals surface area contributed by atoms with E-state index in [9.17, 15) is 19.4 Å². The Kier molecular flexibility index (Phi) is 48.7. The van der Waals surface area contributed by atoms with E-state index >= 15 is 0 Å². The van der Waals surface area contributed by atoms with Crippen molar-refractivity contribution in [2.75, 3.05) is 40.9 Å². The van der Waals surface area contributed by atoms with Crippen molar-refractivity contribution in [1.82, 2.24) is 5.32 Å². The monoisotopic (exact) mass is 966 g/mol. The van der Waals surface area contributed by atoms with Gasteiger partial charge in [0.2, 0.25) is 5.91 Å². The Morgan fingerprint density at radius 1 is 0.507 bits per heavy atom. The number of likely N-dealkylation sites (N-methyl/N-ethyl adjacent to an activating group) is 1. The summed E-state index contributed by atoms with van der Waals surface area (Å²) in [7, 11) is 1.58. The average Bonchev–Trinajstić information content (AvgIpc) is 3.29. The highest BCUT2D eigenvalue weighted by Gasteiger charge is 2.27. The predicted octanol–water partition coefficient (Wildman–Crippen LogP) is 17.4. The first-order valence-corrected chi connectivity index (χ1v) is 30.4. The lowest BCUT2D eigenvalue weighted by Gasteiger charge is -2.25. The van der Waals surface area contributed by atoms with E-state index in [1.54, 1.807) is 6.08 Å². The molecule has 0 fully saturated rings. The molecule has 0 aliphatic carbocycles. The third-order valence-corrected chi connectivity index (χ3v) is 14.1. The molecule has 0 spiro atoms. The number of carbonyl (C=O) groups excluding carboxylic acids is 1. The van der Waals surface area contributed by atoms with E-state index in [0.29, 0.717) is 17.4 Å². The fraction of sp³-hybridized carbons (Fsp3) is 0.879. The number of phosphoric acid groups is 1. The van der Waals surface area contributed by atoms with Gasteiger partial charge in [0.25, 0.3) is 0 Å². The second-order valence-corrected chi connectivity index (χ2v) is 22.5. The number of rotatable bonds is 53. The molecule has 0 aromatic carbocycles. The van der Waals surface area contributed by atoms with Gasteiger partial charge in [-0.05, 0) is 51.4 Å². The smallest absolute Gasteiger partial charge is 0.387 e. The molecule has 9 heteroatoms. The highest BCUT2D eigenvalue weighted by molar-refractivity contribution is 7.47. The van der Waals surface area contributed by atoms with Crippen LogP contribution in [-0.2, 0) is 18.4 Å². The summed E-state index contributed by atoms with van der Waals surface area (Å²) in [5, 5.41) is 13.9. The van der Waals surface area contributed by atoms with Crippen LogP contribution in [0.3, 0.4) is 0 Å². The first-order chi connectivity index (χ1) is 32.5. The van der Waals surface area contributed by atoms with Crippen molar-refractivity contribution in [3.05, 3.63) is 36.5 Å². The molecular formula is C58H114N2O6P+. The number of amides is 1. The maximum atomic E-state index is 13.0. The van der Waals surface area contributed by atoms with E-state index in [4.69, 9.17) is 9.05 Å². The summed E-state index contributed by atoms with van der Waals surface area (Å²) in [5.41, 5.74) is 0. The van der Waals surface area contributed by atoms with Crippen molar-refractivity contribution in [1.29, 1.82) is 0 Å². The molecule has 3 atom stereocenters. The number of phosphoric ester groups is 1. The number of hydrogen-bond acceptors (Lipinski definition) is 5. The number of aliphatic hydroxyl groups is 1. The molecule has 0 bridgehead atoms. The molecule has 396 valence electrons. The Hall–Kier alpha value is -1.28. The number of carbonyl (C=O) groups is 1. The normalized spacial score (nSPS) is 14.2. The highest BCUT2D eigenvalue weighted by atomic mass is 31.2. The Morgan fingerprint density at radius 2 is 0.851 bits per heavy atom. The second kappa shape index (κ2) is 49.7. The quantitative estimate of drug-likeness (QED) is 0.0243. The van der Waals surface area contributed by atoms with Crippen LogP contribution in [-0.4, -0.2) is 73.4 Å². The van der Waals surface area contributed by atoms with Gasteiger partial charge >= 0.3 is 7.82 Å². The summed E-state index contributed by atoms with van der Waals surface area (Å²) in [6.07, 6.45) is 63.8. The molecule has 0 aliphatic rings. The predicted molar refractivity (Wildman–Crippen MR) is 291 cm³/mol. The minimum atomic E-state index is -4.35. The van der Waals surface area contributed by atoms with E-state index < -0.39 is 20.0 Å². The molecule has 0 radical (unpaired) electrons. The van der Waals surface area contributed by atoms with Crippen molar-refractivity contribution in [3.8, 4) is 0 Å². The molecule has 0 saturated heterocycles. The molecule has 8 nitrogen and oxygen atoms in total. The Morgan fingerprint density at radius 3 is 1.22 bits per heavy atom. The number of allylic oxidation sites excluding steroid dienone is 5. The molecule has 0 heterocycles. The van der Waals surface area contributed by atoms with E-state index in [-0.39, 0.29) is 19.1 Å². The third-order valence-electron chi connectivity index (χ3n) is 13.1. The van der Waals surface area contributed by atoms with Crippen molar-refractivity contribution >= 4 is 13.7 Å². The molecule has 0 saturated carbocycles. The first-order valence-electron chi connectivity index (χ1n) is 28.9. The number of nitrogens with one attached hydrogen (secondary N) is 1. The minimum absolute atomic E-state index is 0.0622. The Balaban J connectivity index is 4.20. The first kappa shape index (κ1) is 65.7. The number of hydrogen-bond donors (Lipinski definition) is 3. The van der Waals surface area contributed by atoms with E-state index in [2.05, 4.69) is 43.5 Å². The van der Waals surface area contributed by atoms with Gasteiger partial charge in [0, 0.05) is 6.42 Å². The van der Waals surface area contributed by atoms with Gasteiger partial charge in [-0.25, -0.2) is 4.57 Å². The lowest BCUT2D eigenvalue weighted by Crippen LogP contribution is -2.45. The van der Waals surface area contributed by atoms with Gasteiger partial charge in [0.05, 0.1) is 39.9 Å². The van der Waals surface area contributed by atoms with Crippen LogP contribution >= 0.6 is 7.82 Å². The fourth-order valence-electron chi connectivity index (χ4n) is 8.54. The van der Waals surface area contributed by atoms with Crippen LogP contribution in [0.25, 0.3) is 0 Å². The van der Waals surface area contributed by atoms with Crippen LogP contribution in [0.2, 0.25) is 0 Å². The topological polar surface area (TPSA) is 105 Å². The van der Waals surface area contributed by atoms with Gasteiger partial charge in [-0.1, -0.05) is 256 Å². The summed E-state index contributed by atoms with van der Waals surface area (Å²) >= 11 is 0. The average molecular weight is 967 g/mol. The van der Waals surface area contributed by atoms with Crippen LogP contribution < -0.4 is 5.32 Å². The zero-order valence-corrected chi connectivity index (χ0v) is 46.0. The maximum absolute atomic E-state index is 13.0. The largest absolute Gasteiger partial charge is 0.472 e. The van der Waals surface area contributed by atoms with Crippen molar-refractivity contribution in [2.45, 2.75) is 289 Å². The zero-order chi connectivity index (χ0) is 49.2. The fourth-order valence-corrected chi connectivity index (χ4v) is 9.28. The molecule has 0 aromatic heterocycles. The van der Waals surface area contributed by atoms with Gasteiger partial charge in [-0.2, -0.15) is 0 Å². The maximum Gasteiger partial charge on any atom is 0.472 e. The van der Waals surface area contributed by atoms with E-state index in [1.807, 2.05) is 27.2 Å². The van der Waals surface area contributed by atoms with E-state index in [0.717, 1.165) is 44.9 Å². The summed E-state index contributed by atoms with van der Waals surface area (Å²) in [6, 6.07) is -0.847. The van der Waals surface area contributed by atoms with E-state index in [1.165, 1.54) is 212 Å². The van der Waals surface area contributed by atoms with Gasteiger partial charge in [-0.15, -0.1) is 0 Å². The van der Waals surface area contributed by atoms with Gasteiger partial charge < -0.3 is 19.8 Å². The zero-order valence-electron chi connectivity index (χ0n) is 45.2. The lowest BCUT2D eigenvalue weighted by atomic mass is 10.0. The third kappa shape index (κ3) is 52.4. The Labute approximate surface area is 417 Å². The minimum Gasteiger partial charge on any atom is -0.387 e. The van der Waals surface area contributed by atoms with Crippen molar-refractivity contribution in [3.63, 3.8) is 0 Å². The summed E-state index contributed by atoms with van der Waals surface area (Å²) < 4.78 is 23.7. The van der Waals surface area contributed by atoms with Crippen LogP contribution in [0.1, 0.15) is 277 Å². The SMILES string of the molecule is CCCCCCC/C=C\C/C=C\CCCCCCCCCCCCCCCC(=O)NC(COP(=O)(O)OCC[N+](C)(C)C)C(O)/C=C/CCCCCCCCCCCCCCCCCCCC. The lowest BCUT2D eigenvalue weighted by molar-refractivity contribution is -0.870. The van der Waals surface area contributed by atoms with Crippen LogP contribution in [0.15, 0.2) is 36.5 Å². The van der Waals surface area contributed by atoms with Crippen LogP contribution in [0, 0.1) is 0 Å². The molecule has 1 amide bonds. The molecule has 67 heavy (non-hydrogen) atoms. The molecule has 3 unspecified atom stereocenters. The molecular weight excluding hydrogens is 852 g/mol. The number of aliphatic hydroxyl groups excluding tert-OH is 1. The van der Waals surface area contributed by atoms with Crippen LogP contribution in [0.5, 0.6) is 0 Å². The van der Waals surface area contributed by atoms with Gasteiger partial charge in [-0.3, -0.25) is 13.8 Å². The molecule has 0 rings (SSSR count). The number of quaternary nitrogens is 1.